The number of hydrogen-bond acceptors (Lipinski definition) is 3. The third-order valence-electron chi connectivity index (χ3n) is 2.48. The van der Waals surface area contributed by atoms with Crippen LogP contribution >= 0.6 is 12.2 Å². The minimum Gasteiger partial charge on any atom is -0.393 e. The van der Waals surface area contributed by atoms with Gasteiger partial charge in [0.15, 0.2) is 4.77 Å². The van der Waals surface area contributed by atoms with Crippen LogP contribution in [0.4, 0.5) is 0 Å². The zero-order valence-corrected chi connectivity index (χ0v) is 9.05. The molecule has 1 heterocycles. The molecule has 0 bridgehead atoms. The van der Waals surface area contributed by atoms with Gasteiger partial charge in [0.05, 0.1) is 6.10 Å². The predicted molar refractivity (Wildman–Crippen MR) is 55.7 cm³/mol. The molecule has 5 heteroatoms. The molecule has 1 saturated carbocycles. The average molecular weight is 213 g/mol. The summed E-state index contributed by atoms with van der Waals surface area (Å²) in [4.78, 5) is 0. The van der Waals surface area contributed by atoms with E-state index < -0.39 is 0 Å². The van der Waals surface area contributed by atoms with Crippen molar-refractivity contribution in [1.29, 1.82) is 0 Å². The van der Waals surface area contributed by atoms with Crippen LogP contribution in [0.3, 0.4) is 0 Å². The van der Waals surface area contributed by atoms with Crippen LogP contribution < -0.4 is 0 Å². The Labute approximate surface area is 88.0 Å². The standard InChI is InChI=1S/C9H15N3OS/c1-6(13)2-5-8-10-11-9(14)12(8)7-3-4-7/h6-7,13H,2-5H2,1H3,(H,11,14). The lowest BCUT2D eigenvalue weighted by molar-refractivity contribution is 0.183. The zero-order chi connectivity index (χ0) is 10.1. The van der Waals surface area contributed by atoms with Crippen LogP contribution in [-0.4, -0.2) is 26.0 Å². The lowest BCUT2D eigenvalue weighted by atomic mass is 10.2. The molecule has 2 N–H and O–H groups in total. The lowest BCUT2D eigenvalue weighted by Crippen LogP contribution is -2.07. The van der Waals surface area contributed by atoms with Crippen molar-refractivity contribution in [2.75, 3.05) is 0 Å². The predicted octanol–water partition coefficient (Wildman–Crippen LogP) is 1.59. The third kappa shape index (κ3) is 2.04. The number of nitrogens with one attached hydrogen (secondary N) is 1. The highest BCUT2D eigenvalue weighted by Gasteiger charge is 2.26. The molecule has 0 saturated heterocycles. The molecule has 1 unspecified atom stereocenters. The first-order valence-electron chi connectivity index (χ1n) is 5.02. The minimum absolute atomic E-state index is 0.270. The fourth-order valence-electron chi connectivity index (χ4n) is 1.56. The van der Waals surface area contributed by atoms with E-state index in [1.165, 1.54) is 12.8 Å². The normalized spacial score (nSPS) is 18.4. The third-order valence-corrected chi connectivity index (χ3v) is 2.76. The molecule has 0 aliphatic heterocycles. The molecular weight excluding hydrogens is 198 g/mol. The maximum absolute atomic E-state index is 9.19. The first kappa shape index (κ1) is 9.86. The van der Waals surface area contributed by atoms with Crippen molar-refractivity contribution < 1.29 is 5.11 Å². The van der Waals surface area contributed by atoms with Crippen molar-refractivity contribution in [3.05, 3.63) is 10.6 Å². The topological polar surface area (TPSA) is 53.8 Å². The van der Waals surface area contributed by atoms with Crippen molar-refractivity contribution in [3.63, 3.8) is 0 Å². The van der Waals surface area contributed by atoms with Gasteiger partial charge in [-0.15, -0.1) is 0 Å². The molecule has 0 amide bonds. The summed E-state index contributed by atoms with van der Waals surface area (Å²) in [7, 11) is 0. The number of nitrogens with zero attached hydrogens (tertiary/aromatic N) is 2. The van der Waals surface area contributed by atoms with Gasteiger partial charge in [-0.3, -0.25) is 5.10 Å². The number of H-pyrrole nitrogens is 1. The van der Waals surface area contributed by atoms with Gasteiger partial charge in [-0.1, -0.05) is 0 Å². The number of aliphatic hydroxyl groups excluding tert-OH is 1. The number of aromatic amines is 1. The van der Waals surface area contributed by atoms with Gasteiger partial charge < -0.3 is 9.67 Å². The number of rotatable bonds is 4. The Kier molecular flexibility index (Phi) is 2.69. The van der Waals surface area contributed by atoms with Gasteiger partial charge in [-0.2, -0.15) is 5.10 Å². The summed E-state index contributed by atoms with van der Waals surface area (Å²) >= 11 is 5.15. The number of aromatic nitrogens is 3. The van der Waals surface area contributed by atoms with Gasteiger partial charge in [-0.25, -0.2) is 0 Å². The average Bonchev–Trinajstić information content (AvgIpc) is 2.88. The molecule has 1 fully saturated rings. The molecule has 0 spiro atoms. The van der Waals surface area contributed by atoms with Gasteiger partial charge in [0, 0.05) is 12.5 Å². The summed E-state index contributed by atoms with van der Waals surface area (Å²) in [6.07, 6.45) is 3.67. The van der Waals surface area contributed by atoms with Crippen LogP contribution in [0.1, 0.15) is 38.1 Å². The monoisotopic (exact) mass is 213 g/mol. The van der Waals surface area contributed by atoms with Crippen LogP contribution in [0, 0.1) is 4.77 Å². The number of aliphatic hydroxyl groups is 1. The van der Waals surface area contributed by atoms with E-state index in [1.54, 1.807) is 6.92 Å². The quantitative estimate of drug-likeness (QED) is 0.747. The Balaban J connectivity index is 2.12. The largest absolute Gasteiger partial charge is 0.393 e. The van der Waals surface area contributed by atoms with E-state index in [-0.39, 0.29) is 6.10 Å². The van der Waals surface area contributed by atoms with Gasteiger partial charge in [0.1, 0.15) is 5.82 Å². The highest BCUT2D eigenvalue weighted by molar-refractivity contribution is 7.71. The van der Waals surface area contributed by atoms with E-state index >= 15 is 0 Å². The first-order valence-corrected chi connectivity index (χ1v) is 5.43. The molecule has 78 valence electrons. The van der Waals surface area contributed by atoms with Crippen LogP contribution in [0.2, 0.25) is 0 Å². The van der Waals surface area contributed by atoms with E-state index in [2.05, 4.69) is 14.8 Å². The van der Waals surface area contributed by atoms with Gasteiger partial charge in [0.25, 0.3) is 0 Å². The Bertz CT molecular complexity index is 364. The molecular formula is C9H15N3OS. The molecule has 0 aromatic carbocycles. The summed E-state index contributed by atoms with van der Waals surface area (Å²) < 4.78 is 2.81. The van der Waals surface area contributed by atoms with Gasteiger partial charge in [-0.05, 0) is 38.4 Å². The number of hydrogen-bond donors (Lipinski definition) is 2. The Morgan fingerprint density at radius 3 is 3.00 bits per heavy atom. The second-order valence-corrected chi connectivity index (χ2v) is 4.32. The molecule has 1 atom stereocenters. The van der Waals surface area contributed by atoms with Gasteiger partial charge in [0.2, 0.25) is 0 Å². The molecule has 1 aromatic rings. The highest BCUT2D eigenvalue weighted by atomic mass is 32.1. The molecule has 2 rings (SSSR count). The maximum Gasteiger partial charge on any atom is 0.195 e. The summed E-state index contributed by atoms with van der Waals surface area (Å²) in [6, 6.07) is 0.560. The fourth-order valence-corrected chi connectivity index (χ4v) is 1.86. The Hall–Kier alpha value is -0.680. The first-order chi connectivity index (χ1) is 6.68. The second kappa shape index (κ2) is 3.82. The van der Waals surface area contributed by atoms with Gasteiger partial charge >= 0.3 is 0 Å². The minimum atomic E-state index is -0.270. The highest BCUT2D eigenvalue weighted by Crippen LogP contribution is 2.35. The van der Waals surface area contributed by atoms with E-state index in [0.29, 0.717) is 10.8 Å². The maximum atomic E-state index is 9.19. The fraction of sp³-hybridized carbons (Fsp3) is 0.778. The lowest BCUT2D eigenvalue weighted by Gasteiger charge is -2.05. The van der Waals surface area contributed by atoms with Crippen molar-refractivity contribution in [3.8, 4) is 0 Å². The van der Waals surface area contributed by atoms with E-state index in [9.17, 15) is 5.11 Å². The Morgan fingerprint density at radius 1 is 1.71 bits per heavy atom. The summed E-state index contributed by atoms with van der Waals surface area (Å²) in [5.41, 5.74) is 0. The smallest absolute Gasteiger partial charge is 0.195 e. The van der Waals surface area contributed by atoms with Crippen LogP contribution in [0.5, 0.6) is 0 Å². The summed E-state index contributed by atoms with van der Waals surface area (Å²) in [6.45, 7) is 1.79. The van der Waals surface area contributed by atoms with E-state index in [1.807, 2.05) is 0 Å². The molecule has 1 aliphatic carbocycles. The molecule has 4 nitrogen and oxygen atoms in total. The summed E-state index contributed by atoms with van der Waals surface area (Å²) in [5.74, 6) is 0.985. The van der Waals surface area contributed by atoms with Crippen LogP contribution in [0.15, 0.2) is 0 Å². The van der Waals surface area contributed by atoms with Crippen LogP contribution in [0.25, 0.3) is 0 Å². The molecule has 14 heavy (non-hydrogen) atoms. The second-order valence-electron chi connectivity index (χ2n) is 3.93. The van der Waals surface area contributed by atoms with Crippen molar-refractivity contribution in [1.82, 2.24) is 14.8 Å². The SMILES string of the molecule is CC(O)CCc1n[nH]c(=S)n1C1CC1. The molecule has 1 aliphatic rings. The number of aryl methyl sites for hydroxylation is 1. The van der Waals surface area contributed by atoms with E-state index in [0.717, 1.165) is 18.7 Å². The van der Waals surface area contributed by atoms with E-state index in [4.69, 9.17) is 12.2 Å². The summed E-state index contributed by atoms with van der Waals surface area (Å²) in [5, 5.41) is 16.2. The Morgan fingerprint density at radius 2 is 2.43 bits per heavy atom. The molecule has 0 radical (unpaired) electrons. The van der Waals surface area contributed by atoms with Crippen molar-refractivity contribution >= 4 is 12.2 Å². The molecule has 1 aromatic heterocycles. The van der Waals surface area contributed by atoms with Crippen molar-refractivity contribution in [2.24, 2.45) is 0 Å². The van der Waals surface area contributed by atoms with Crippen LogP contribution in [-0.2, 0) is 6.42 Å². The van der Waals surface area contributed by atoms with Crippen molar-refractivity contribution in [2.45, 2.75) is 44.8 Å². The zero-order valence-electron chi connectivity index (χ0n) is 8.23.